The van der Waals surface area contributed by atoms with Crippen LogP contribution in [-0.4, -0.2) is 36.6 Å². The van der Waals surface area contributed by atoms with Crippen molar-refractivity contribution in [1.82, 2.24) is 10.2 Å². The van der Waals surface area contributed by atoms with Gasteiger partial charge in [-0.2, -0.15) is 0 Å². The van der Waals surface area contributed by atoms with E-state index in [1.807, 2.05) is 0 Å². The van der Waals surface area contributed by atoms with Crippen LogP contribution in [0, 0.1) is 5.92 Å². The Morgan fingerprint density at radius 3 is 2.22 bits per heavy atom. The monoisotopic (exact) mass is 252 g/mol. The van der Waals surface area contributed by atoms with Crippen molar-refractivity contribution in [2.45, 2.75) is 76.8 Å². The maximum atomic E-state index is 3.70. The summed E-state index contributed by atoms with van der Waals surface area (Å²) in [6, 6.07) is 0.681. The van der Waals surface area contributed by atoms with Crippen molar-refractivity contribution < 1.29 is 0 Å². The third kappa shape index (κ3) is 2.75. The molecule has 106 valence electrons. The second-order valence-electron chi connectivity index (χ2n) is 6.57. The first-order chi connectivity index (χ1) is 8.72. The number of hydrogen-bond donors (Lipinski definition) is 1. The molecule has 0 amide bonds. The van der Waals surface area contributed by atoms with Crippen molar-refractivity contribution in [3.05, 3.63) is 0 Å². The summed E-state index contributed by atoms with van der Waals surface area (Å²) in [5, 5.41) is 3.70. The summed E-state index contributed by atoms with van der Waals surface area (Å²) in [6.45, 7) is 7.52. The average molecular weight is 252 g/mol. The van der Waals surface area contributed by atoms with E-state index < -0.39 is 0 Å². The molecular formula is C16H32N2. The van der Waals surface area contributed by atoms with Gasteiger partial charge in [0, 0.05) is 11.6 Å². The van der Waals surface area contributed by atoms with Crippen LogP contribution in [0.15, 0.2) is 0 Å². The Kier molecular flexibility index (Phi) is 5.08. The fourth-order valence-corrected chi connectivity index (χ4v) is 4.39. The predicted molar refractivity (Wildman–Crippen MR) is 78.9 cm³/mol. The molecule has 1 aliphatic carbocycles. The molecule has 2 heteroatoms. The number of nitrogens with zero attached hydrogens (tertiary/aromatic N) is 1. The molecule has 2 aliphatic rings. The van der Waals surface area contributed by atoms with Gasteiger partial charge in [0.15, 0.2) is 0 Å². The third-order valence-electron chi connectivity index (χ3n) is 5.65. The Bertz CT molecular complexity index is 241. The van der Waals surface area contributed by atoms with Crippen LogP contribution < -0.4 is 5.32 Å². The molecule has 1 saturated heterocycles. The maximum absolute atomic E-state index is 3.70. The van der Waals surface area contributed by atoms with Gasteiger partial charge in [-0.05, 0) is 65.1 Å². The van der Waals surface area contributed by atoms with Crippen LogP contribution in [0.1, 0.15) is 65.2 Å². The third-order valence-corrected chi connectivity index (χ3v) is 5.65. The molecule has 2 atom stereocenters. The molecule has 1 saturated carbocycles. The molecule has 1 heterocycles. The largest absolute Gasteiger partial charge is 0.315 e. The summed E-state index contributed by atoms with van der Waals surface area (Å²) in [4.78, 5) is 2.77. The number of hydrogen-bond acceptors (Lipinski definition) is 2. The Morgan fingerprint density at radius 2 is 1.72 bits per heavy atom. The molecule has 0 spiro atoms. The van der Waals surface area contributed by atoms with E-state index in [-0.39, 0.29) is 0 Å². The Labute approximate surface area is 114 Å². The molecule has 1 N–H and O–H groups in total. The van der Waals surface area contributed by atoms with Crippen molar-refractivity contribution in [3.63, 3.8) is 0 Å². The first kappa shape index (κ1) is 14.3. The van der Waals surface area contributed by atoms with E-state index in [4.69, 9.17) is 0 Å². The number of nitrogens with one attached hydrogen (secondary N) is 1. The lowest BCUT2D eigenvalue weighted by atomic mass is 9.74. The van der Waals surface area contributed by atoms with Crippen LogP contribution in [0.5, 0.6) is 0 Å². The second kappa shape index (κ2) is 6.38. The zero-order chi connectivity index (χ0) is 13.0. The fourth-order valence-electron chi connectivity index (χ4n) is 4.39. The van der Waals surface area contributed by atoms with Crippen LogP contribution in [0.25, 0.3) is 0 Å². The van der Waals surface area contributed by atoms with E-state index >= 15 is 0 Å². The minimum absolute atomic E-state index is 0.368. The molecule has 2 rings (SSSR count). The predicted octanol–water partition coefficient (Wildman–Crippen LogP) is 3.42. The number of likely N-dealkylation sites (tertiary alicyclic amines) is 1. The van der Waals surface area contributed by atoms with Gasteiger partial charge in [-0.15, -0.1) is 0 Å². The molecule has 18 heavy (non-hydrogen) atoms. The highest BCUT2D eigenvalue weighted by molar-refractivity contribution is 5.00. The maximum Gasteiger partial charge on any atom is 0.0334 e. The molecule has 2 nitrogen and oxygen atoms in total. The van der Waals surface area contributed by atoms with Gasteiger partial charge < -0.3 is 5.32 Å². The van der Waals surface area contributed by atoms with E-state index in [0.29, 0.717) is 11.6 Å². The van der Waals surface area contributed by atoms with E-state index in [9.17, 15) is 0 Å². The second-order valence-corrected chi connectivity index (χ2v) is 6.57. The van der Waals surface area contributed by atoms with E-state index in [0.717, 1.165) is 5.92 Å². The molecule has 2 unspecified atom stereocenters. The number of rotatable bonds is 5. The first-order valence-electron chi connectivity index (χ1n) is 8.14. The smallest absolute Gasteiger partial charge is 0.0334 e. The van der Waals surface area contributed by atoms with Gasteiger partial charge in [0.05, 0.1) is 0 Å². The van der Waals surface area contributed by atoms with Gasteiger partial charge in [0.25, 0.3) is 0 Å². The summed E-state index contributed by atoms with van der Waals surface area (Å²) >= 11 is 0. The summed E-state index contributed by atoms with van der Waals surface area (Å²) in [5.74, 6) is 0.897. The highest BCUT2D eigenvalue weighted by atomic mass is 15.2. The Morgan fingerprint density at radius 1 is 1.11 bits per heavy atom. The van der Waals surface area contributed by atoms with Gasteiger partial charge in [0.2, 0.25) is 0 Å². The van der Waals surface area contributed by atoms with Crippen molar-refractivity contribution in [2.24, 2.45) is 5.92 Å². The van der Waals surface area contributed by atoms with Crippen molar-refractivity contribution >= 4 is 0 Å². The van der Waals surface area contributed by atoms with Crippen LogP contribution in [-0.2, 0) is 0 Å². The van der Waals surface area contributed by atoms with Crippen LogP contribution in [0.3, 0.4) is 0 Å². The molecule has 0 radical (unpaired) electrons. The summed E-state index contributed by atoms with van der Waals surface area (Å²) in [5.41, 5.74) is 0.368. The van der Waals surface area contributed by atoms with Crippen molar-refractivity contribution in [3.8, 4) is 0 Å². The first-order valence-corrected chi connectivity index (χ1v) is 8.14. The normalized spacial score (nSPS) is 28.2. The Hall–Kier alpha value is -0.0800. The molecule has 0 bridgehead atoms. The molecule has 2 fully saturated rings. The lowest BCUT2D eigenvalue weighted by Gasteiger charge is -2.48. The lowest BCUT2D eigenvalue weighted by Crippen LogP contribution is -2.60. The van der Waals surface area contributed by atoms with Crippen molar-refractivity contribution in [1.29, 1.82) is 0 Å². The Balaban J connectivity index is 2.10. The SMILES string of the molecule is CCC(C)(C(NC)C1CCCCC1)N1CCCC1. The minimum atomic E-state index is 0.368. The van der Waals surface area contributed by atoms with Gasteiger partial charge in [-0.25, -0.2) is 0 Å². The van der Waals surface area contributed by atoms with Crippen LogP contribution in [0.4, 0.5) is 0 Å². The molecule has 1 aliphatic heterocycles. The summed E-state index contributed by atoms with van der Waals surface area (Å²) in [7, 11) is 2.18. The zero-order valence-electron chi connectivity index (χ0n) is 12.7. The lowest BCUT2D eigenvalue weighted by molar-refractivity contribution is 0.0506. The van der Waals surface area contributed by atoms with Crippen molar-refractivity contribution in [2.75, 3.05) is 20.1 Å². The van der Waals surface area contributed by atoms with Gasteiger partial charge in [0.1, 0.15) is 0 Å². The standard InChI is InChI=1S/C16H32N2/c1-4-16(2,18-12-8-9-13-18)15(17-3)14-10-6-5-7-11-14/h14-15,17H,4-13H2,1-3H3. The molecule has 0 aromatic rings. The van der Waals surface area contributed by atoms with E-state index in [1.165, 1.54) is 64.5 Å². The van der Waals surface area contributed by atoms with Crippen LogP contribution in [0.2, 0.25) is 0 Å². The van der Waals surface area contributed by atoms with Gasteiger partial charge in [-0.1, -0.05) is 26.2 Å². The number of likely N-dealkylation sites (N-methyl/N-ethyl adjacent to an activating group) is 1. The highest BCUT2D eigenvalue weighted by Gasteiger charge is 2.42. The topological polar surface area (TPSA) is 15.3 Å². The van der Waals surface area contributed by atoms with E-state index in [2.05, 4.69) is 31.1 Å². The van der Waals surface area contributed by atoms with E-state index in [1.54, 1.807) is 0 Å². The molecule has 0 aromatic carbocycles. The molecule has 0 aromatic heterocycles. The van der Waals surface area contributed by atoms with Gasteiger partial charge in [-0.3, -0.25) is 4.90 Å². The minimum Gasteiger partial charge on any atom is -0.315 e. The average Bonchev–Trinajstić information content (AvgIpc) is 2.95. The quantitative estimate of drug-likeness (QED) is 0.806. The fraction of sp³-hybridized carbons (Fsp3) is 1.00. The van der Waals surface area contributed by atoms with Gasteiger partial charge >= 0.3 is 0 Å². The molecular weight excluding hydrogens is 220 g/mol. The van der Waals surface area contributed by atoms with Crippen LogP contribution >= 0.6 is 0 Å². The summed E-state index contributed by atoms with van der Waals surface area (Å²) in [6.07, 6.45) is 11.3. The zero-order valence-corrected chi connectivity index (χ0v) is 12.7. The highest BCUT2D eigenvalue weighted by Crippen LogP contribution is 2.36. The summed E-state index contributed by atoms with van der Waals surface area (Å²) < 4.78 is 0.